The molecule has 0 atom stereocenters. The molecule has 4 rings (SSSR count). The van der Waals surface area contributed by atoms with E-state index in [0.717, 1.165) is 49.7 Å². The number of aromatic nitrogens is 1. The molecular weight excluding hydrogens is 405 g/mol. The van der Waals surface area contributed by atoms with Crippen molar-refractivity contribution in [3.8, 4) is 11.5 Å². The Morgan fingerprint density at radius 1 is 1.12 bits per heavy atom. The normalized spacial score (nSPS) is 15.6. The first-order valence-electron chi connectivity index (χ1n) is 11.1. The lowest BCUT2D eigenvalue weighted by Gasteiger charge is -2.33. The van der Waals surface area contributed by atoms with E-state index in [4.69, 9.17) is 4.42 Å². The molecule has 7 heteroatoms. The largest absolute Gasteiger partial charge is 0.444 e. The molecule has 3 aromatic rings. The zero-order chi connectivity index (χ0) is 22.2. The standard InChI is InChI=1S/C25H30FN5O/c1-27-25(30-22-12-15-31(16-13-22)17-19-5-3-2-4-6-19)28-14-11-23-18-32-24(29-23)20-7-9-21(26)10-8-20/h2-10,18,22H,11-17H2,1H3,(H2,27,28,30). The number of nitrogens with zero attached hydrogens (tertiary/aromatic N) is 3. The predicted molar refractivity (Wildman–Crippen MR) is 125 cm³/mol. The quantitative estimate of drug-likeness (QED) is 0.436. The SMILES string of the molecule is CN=C(NCCc1coc(-c2ccc(F)cc2)n1)NC1CCN(Cc2ccccc2)CC1. The molecule has 168 valence electrons. The Labute approximate surface area is 188 Å². The minimum Gasteiger partial charge on any atom is -0.444 e. The van der Waals surface area contributed by atoms with Crippen molar-refractivity contribution in [1.82, 2.24) is 20.5 Å². The zero-order valence-corrected chi connectivity index (χ0v) is 18.4. The Kier molecular flexibility index (Phi) is 7.51. The Hall–Kier alpha value is -3.19. The molecule has 2 N–H and O–H groups in total. The molecule has 0 amide bonds. The van der Waals surface area contributed by atoms with E-state index in [-0.39, 0.29) is 5.82 Å². The van der Waals surface area contributed by atoms with Gasteiger partial charge in [-0.1, -0.05) is 30.3 Å². The third-order valence-electron chi connectivity index (χ3n) is 5.72. The molecule has 6 nitrogen and oxygen atoms in total. The van der Waals surface area contributed by atoms with Crippen LogP contribution in [0.25, 0.3) is 11.5 Å². The molecule has 0 bridgehead atoms. The summed E-state index contributed by atoms with van der Waals surface area (Å²) in [6, 6.07) is 17.2. The first kappa shape index (κ1) is 22.0. The van der Waals surface area contributed by atoms with Gasteiger partial charge < -0.3 is 15.1 Å². The lowest BCUT2D eigenvalue weighted by atomic mass is 10.0. The summed E-state index contributed by atoms with van der Waals surface area (Å²) in [7, 11) is 1.79. The van der Waals surface area contributed by atoms with Crippen LogP contribution in [0.1, 0.15) is 24.1 Å². The van der Waals surface area contributed by atoms with Gasteiger partial charge in [-0.2, -0.15) is 0 Å². The molecule has 1 saturated heterocycles. The highest BCUT2D eigenvalue weighted by atomic mass is 19.1. The van der Waals surface area contributed by atoms with E-state index in [1.54, 1.807) is 25.4 Å². The molecule has 1 aliphatic rings. The van der Waals surface area contributed by atoms with Gasteiger partial charge in [-0.15, -0.1) is 0 Å². The number of halogens is 1. The van der Waals surface area contributed by atoms with Crippen molar-refractivity contribution in [3.05, 3.63) is 77.9 Å². The van der Waals surface area contributed by atoms with Crippen LogP contribution in [0.3, 0.4) is 0 Å². The molecule has 2 heterocycles. The topological polar surface area (TPSA) is 65.7 Å². The van der Waals surface area contributed by atoms with Crippen molar-refractivity contribution in [1.29, 1.82) is 0 Å². The third-order valence-corrected chi connectivity index (χ3v) is 5.72. The summed E-state index contributed by atoms with van der Waals surface area (Å²) in [6.07, 6.45) is 4.55. The Bertz CT molecular complexity index is 995. The van der Waals surface area contributed by atoms with E-state index in [2.05, 4.69) is 55.8 Å². The summed E-state index contributed by atoms with van der Waals surface area (Å²) >= 11 is 0. The number of aliphatic imine (C=N–C) groups is 1. The molecule has 1 aromatic heterocycles. The smallest absolute Gasteiger partial charge is 0.226 e. The summed E-state index contributed by atoms with van der Waals surface area (Å²) in [5, 5.41) is 6.91. The molecule has 0 spiro atoms. The van der Waals surface area contributed by atoms with Gasteiger partial charge in [-0.05, 0) is 42.7 Å². The van der Waals surface area contributed by atoms with Crippen LogP contribution in [-0.4, -0.2) is 48.6 Å². The van der Waals surface area contributed by atoms with Crippen LogP contribution in [0.15, 0.2) is 70.3 Å². The predicted octanol–water partition coefficient (Wildman–Crippen LogP) is 3.85. The second-order valence-corrected chi connectivity index (χ2v) is 8.08. The number of likely N-dealkylation sites (tertiary alicyclic amines) is 1. The molecular formula is C25H30FN5O. The molecule has 1 fully saturated rings. The molecule has 2 aromatic carbocycles. The second-order valence-electron chi connectivity index (χ2n) is 8.08. The van der Waals surface area contributed by atoms with Gasteiger partial charge in [0.2, 0.25) is 5.89 Å². The van der Waals surface area contributed by atoms with Crippen molar-refractivity contribution in [2.75, 3.05) is 26.7 Å². The van der Waals surface area contributed by atoms with Crippen molar-refractivity contribution >= 4 is 5.96 Å². The van der Waals surface area contributed by atoms with Crippen LogP contribution in [0, 0.1) is 5.82 Å². The van der Waals surface area contributed by atoms with Crippen molar-refractivity contribution in [2.24, 2.45) is 4.99 Å². The first-order valence-corrected chi connectivity index (χ1v) is 11.1. The highest BCUT2D eigenvalue weighted by molar-refractivity contribution is 5.79. The molecule has 32 heavy (non-hydrogen) atoms. The number of guanidine groups is 1. The Morgan fingerprint density at radius 2 is 1.88 bits per heavy atom. The highest BCUT2D eigenvalue weighted by Gasteiger charge is 2.20. The van der Waals surface area contributed by atoms with Gasteiger partial charge in [0.25, 0.3) is 0 Å². The van der Waals surface area contributed by atoms with Gasteiger partial charge in [0.15, 0.2) is 5.96 Å². The van der Waals surface area contributed by atoms with E-state index in [1.807, 2.05) is 0 Å². The Balaban J connectivity index is 1.18. The Morgan fingerprint density at radius 3 is 2.59 bits per heavy atom. The fourth-order valence-electron chi connectivity index (χ4n) is 3.92. The van der Waals surface area contributed by atoms with E-state index < -0.39 is 0 Å². The van der Waals surface area contributed by atoms with Crippen molar-refractivity contribution in [3.63, 3.8) is 0 Å². The van der Waals surface area contributed by atoms with E-state index >= 15 is 0 Å². The number of rotatable bonds is 7. The van der Waals surface area contributed by atoms with Crippen LogP contribution in [0.4, 0.5) is 4.39 Å². The number of oxazole rings is 1. The summed E-state index contributed by atoms with van der Waals surface area (Å²) < 4.78 is 18.6. The maximum Gasteiger partial charge on any atom is 0.226 e. The number of hydrogen-bond acceptors (Lipinski definition) is 4. The summed E-state index contributed by atoms with van der Waals surface area (Å²) in [4.78, 5) is 11.4. The molecule has 1 aliphatic heterocycles. The van der Waals surface area contributed by atoms with Crippen molar-refractivity contribution in [2.45, 2.75) is 31.8 Å². The molecule has 0 unspecified atom stereocenters. The van der Waals surface area contributed by atoms with Crippen LogP contribution in [-0.2, 0) is 13.0 Å². The van der Waals surface area contributed by atoms with Crippen molar-refractivity contribution < 1.29 is 8.81 Å². The van der Waals surface area contributed by atoms with Gasteiger partial charge in [0, 0.05) is 51.3 Å². The summed E-state index contributed by atoms with van der Waals surface area (Å²) in [5.41, 5.74) is 2.98. The van der Waals surface area contributed by atoms with Gasteiger partial charge in [-0.25, -0.2) is 9.37 Å². The van der Waals surface area contributed by atoms with Crippen LogP contribution in [0.5, 0.6) is 0 Å². The molecule has 0 aliphatic carbocycles. The minimum absolute atomic E-state index is 0.273. The fraction of sp³-hybridized carbons (Fsp3) is 0.360. The summed E-state index contributed by atoms with van der Waals surface area (Å²) in [5.74, 6) is 1.05. The van der Waals surface area contributed by atoms with Crippen LogP contribution < -0.4 is 10.6 Å². The van der Waals surface area contributed by atoms with Gasteiger partial charge in [0.05, 0.1) is 5.69 Å². The monoisotopic (exact) mass is 435 g/mol. The molecule has 0 radical (unpaired) electrons. The fourth-order valence-corrected chi connectivity index (χ4v) is 3.92. The van der Waals surface area contributed by atoms with Crippen LogP contribution in [0.2, 0.25) is 0 Å². The van der Waals surface area contributed by atoms with E-state index in [1.165, 1.54) is 17.7 Å². The average Bonchev–Trinajstić information content (AvgIpc) is 3.29. The minimum atomic E-state index is -0.273. The lowest BCUT2D eigenvalue weighted by Crippen LogP contribution is -2.48. The highest BCUT2D eigenvalue weighted by Crippen LogP contribution is 2.19. The van der Waals surface area contributed by atoms with E-state index in [0.29, 0.717) is 24.9 Å². The third kappa shape index (κ3) is 6.17. The maximum absolute atomic E-state index is 13.1. The first-order chi connectivity index (χ1) is 15.7. The molecule has 0 saturated carbocycles. The van der Waals surface area contributed by atoms with Gasteiger partial charge >= 0.3 is 0 Å². The average molecular weight is 436 g/mol. The maximum atomic E-state index is 13.1. The lowest BCUT2D eigenvalue weighted by molar-refractivity contribution is 0.198. The van der Waals surface area contributed by atoms with Gasteiger partial charge in [-0.3, -0.25) is 9.89 Å². The number of hydrogen-bond donors (Lipinski definition) is 2. The second kappa shape index (κ2) is 10.9. The van der Waals surface area contributed by atoms with Gasteiger partial charge in [0.1, 0.15) is 12.1 Å². The van der Waals surface area contributed by atoms with Crippen LogP contribution >= 0.6 is 0 Å². The summed E-state index contributed by atoms with van der Waals surface area (Å²) in [6.45, 7) is 3.86. The number of benzene rings is 2. The van der Waals surface area contributed by atoms with E-state index in [9.17, 15) is 4.39 Å². The number of nitrogens with one attached hydrogen (secondary N) is 2. The zero-order valence-electron chi connectivity index (χ0n) is 18.4. The number of piperidine rings is 1.